The van der Waals surface area contributed by atoms with Gasteiger partial charge in [-0.25, -0.2) is 0 Å². The fourth-order valence-electron chi connectivity index (χ4n) is 0.263. The van der Waals surface area contributed by atoms with Crippen LogP contribution in [0.1, 0.15) is 12.8 Å². The fraction of sp³-hybridized carbons (Fsp3) is 0.800. The summed E-state index contributed by atoms with van der Waals surface area (Å²) < 4.78 is 0. The lowest BCUT2D eigenvalue weighted by molar-refractivity contribution is 0.828. The summed E-state index contributed by atoms with van der Waals surface area (Å²) in [6, 6.07) is 0. The standard InChI is InChI=1S/C5H9Cl2/c1-2-5(7)3-4-6/h5H,1-4H2. The summed E-state index contributed by atoms with van der Waals surface area (Å²) in [7, 11) is 0. The van der Waals surface area contributed by atoms with Crippen LogP contribution in [0.3, 0.4) is 0 Å². The van der Waals surface area contributed by atoms with Crippen molar-refractivity contribution in [2.45, 2.75) is 18.2 Å². The predicted octanol–water partition coefficient (Wildman–Crippen LogP) is 2.45. The van der Waals surface area contributed by atoms with Crippen molar-refractivity contribution in [3.8, 4) is 0 Å². The zero-order valence-electron chi connectivity index (χ0n) is 4.16. The summed E-state index contributed by atoms with van der Waals surface area (Å²) in [6.07, 6.45) is 1.64. The van der Waals surface area contributed by atoms with Crippen LogP contribution in [0.2, 0.25) is 0 Å². The van der Waals surface area contributed by atoms with E-state index < -0.39 is 0 Å². The van der Waals surface area contributed by atoms with E-state index in [1.165, 1.54) is 0 Å². The summed E-state index contributed by atoms with van der Waals surface area (Å²) >= 11 is 11.0. The predicted molar refractivity (Wildman–Crippen MR) is 35.0 cm³/mol. The molecule has 7 heavy (non-hydrogen) atoms. The Labute approximate surface area is 54.8 Å². The first-order valence-electron chi connectivity index (χ1n) is 2.30. The van der Waals surface area contributed by atoms with E-state index in [1.54, 1.807) is 0 Å². The highest BCUT2D eigenvalue weighted by Gasteiger charge is 1.96. The monoisotopic (exact) mass is 139 g/mol. The van der Waals surface area contributed by atoms with Crippen LogP contribution in [-0.2, 0) is 0 Å². The minimum atomic E-state index is 0.178. The Morgan fingerprint density at radius 1 is 1.57 bits per heavy atom. The molecule has 0 fully saturated rings. The molecule has 0 aromatic carbocycles. The summed E-state index contributed by atoms with van der Waals surface area (Å²) in [4.78, 5) is 0. The maximum Gasteiger partial charge on any atom is 0.0347 e. The van der Waals surface area contributed by atoms with Gasteiger partial charge in [0, 0.05) is 11.3 Å². The molecular weight excluding hydrogens is 131 g/mol. The number of hydrogen-bond acceptors (Lipinski definition) is 0. The molecular formula is C5H9Cl2. The van der Waals surface area contributed by atoms with E-state index in [4.69, 9.17) is 23.2 Å². The number of halogens is 2. The van der Waals surface area contributed by atoms with Crippen LogP contribution in [0, 0.1) is 6.92 Å². The summed E-state index contributed by atoms with van der Waals surface area (Å²) in [5.41, 5.74) is 0. The van der Waals surface area contributed by atoms with E-state index in [0.29, 0.717) is 5.88 Å². The number of hydrogen-bond donors (Lipinski definition) is 0. The third kappa shape index (κ3) is 4.43. The first kappa shape index (κ1) is 7.58. The molecule has 0 spiro atoms. The van der Waals surface area contributed by atoms with E-state index in [1.807, 2.05) is 0 Å². The SMILES string of the molecule is [CH2]CC(Cl)CCCl. The molecule has 0 aliphatic heterocycles. The minimum Gasteiger partial charge on any atom is -0.127 e. The summed E-state index contributed by atoms with van der Waals surface area (Å²) in [5, 5.41) is 0.178. The molecule has 0 rings (SSSR count). The topological polar surface area (TPSA) is 0 Å². The van der Waals surface area contributed by atoms with Gasteiger partial charge in [0.25, 0.3) is 0 Å². The van der Waals surface area contributed by atoms with Crippen LogP contribution < -0.4 is 0 Å². The number of alkyl halides is 2. The Balaban J connectivity index is 2.83. The second-order valence-electron chi connectivity index (χ2n) is 1.36. The zero-order chi connectivity index (χ0) is 5.70. The van der Waals surface area contributed by atoms with Crippen LogP contribution in [0.15, 0.2) is 0 Å². The van der Waals surface area contributed by atoms with Crippen molar-refractivity contribution in [2.24, 2.45) is 0 Å². The van der Waals surface area contributed by atoms with E-state index in [0.717, 1.165) is 12.8 Å². The molecule has 1 atom stereocenters. The maximum atomic E-state index is 5.62. The molecule has 2 heteroatoms. The van der Waals surface area contributed by atoms with Crippen LogP contribution in [0.4, 0.5) is 0 Å². The molecule has 0 amide bonds. The lowest BCUT2D eigenvalue weighted by Crippen LogP contribution is -1.95. The second-order valence-corrected chi connectivity index (χ2v) is 2.36. The van der Waals surface area contributed by atoms with Gasteiger partial charge >= 0.3 is 0 Å². The summed E-state index contributed by atoms with van der Waals surface area (Å²) in [5.74, 6) is 0.643. The molecule has 0 saturated heterocycles. The molecule has 0 saturated carbocycles. The lowest BCUT2D eigenvalue weighted by Gasteiger charge is -1.98. The Bertz CT molecular complexity index is 37.1. The van der Waals surface area contributed by atoms with E-state index in [-0.39, 0.29) is 5.38 Å². The van der Waals surface area contributed by atoms with Crippen molar-refractivity contribution in [2.75, 3.05) is 5.88 Å². The highest BCUT2D eigenvalue weighted by Crippen LogP contribution is 2.05. The van der Waals surface area contributed by atoms with Gasteiger partial charge in [0.15, 0.2) is 0 Å². The van der Waals surface area contributed by atoms with Crippen LogP contribution >= 0.6 is 23.2 Å². The van der Waals surface area contributed by atoms with E-state index in [2.05, 4.69) is 6.92 Å². The van der Waals surface area contributed by atoms with E-state index >= 15 is 0 Å². The molecule has 0 aromatic rings. The molecule has 0 bridgehead atoms. The molecule has 0 N–H and O–H groups in total. The van der Waals surface area contributed by atoms with Gasteiger partial charge in [-0.2, -0.15) is 0 Å². The normalized spacial score (nSPS) is 14.1. The Morgan fingerprint density at radius 3 is 2.29 bits per heavy atom. The van der Waals surface area contributed by atoms with Crippen molar-refractivity contribution in [1.29, 1.82) is 0 Å². The number of rotatable bonds is 3. The highest BCUT2D eigenvalue weighted by atomic mass is 35.5. The molecule has 0 nitrogen and oxygen atoms in total. The van der Waals surface area contributed by atoms with Gasteiger partial charge < -0.3 is 0 Å². The molecule has 1 radical (unpaired) electrons. The van der Waals surface area contributed by atoms with Crippen molar-refractivity contribution in [3.63, 3.8) is 0 Å². The second kappa shape index (κ2) is 4.73. The van der Waals surface area contributed by atoms with Gasteiger partial charge in [0.05, 0.1) is 0 Å². The third-order valence-electron chi connectivity index (χ3n) is 0.736. The Hall–Kier alpha value is 0.580. The summed E-state index contributed by atoms with van der Waals surface area (Å²) in [6.45, 7) is 3.61. The zero-order valence-corrected chi connectivity index (χ0v) is 5.67. The maximum absolute atomic E-state index is 5.62. The van der Waals surface area contributed by atoms with Gasteiger partial charge in [-0.1, -0.05) is 6.92 Å². The van der Waals surface area contributed by atoms with Gasteiger partial charge in [0.1, 0.15) is 0 Å². The molecule has 1 unspecified atom stereocenters. The average Bonchev–Trinajstić information content (AvgIpc) is 1.68. The van der Waals surface area contributed by atoms with E-state index in [9.17, 15) is 0 Å². The van der Waals surface area contributed by atoms with Crippen LogP contribution in [0.5, 0.6) is 0 Å². The van der Waals surface area contributed by atoms with Crippen molar-refractivity contribution in [3.05, 3.63) is 6.92 Å². The lowest BCUT2D eigenvalue weighted by atomic mass is 10.3. The highest BCUT2D eigenvalue weighted by molar-refractivity contribution is 6.22. The molecule has 0 aliphatic carbocycles. The quantitative estimate of drug-likeness (QED) is 0.528. The minimum absolute atomic E-state index is 0.178. The molecule has 0 aliphatic rings. The van der Waals surface area contributed by atoms with Crippen molar-refractivity contribution >= 4 is 23.2 Å². The molecule has 43 valence electrons. The van der Waals surface area contributed by atoms with Gasteiger partial charge in [-0.05, 0) is 12.8 Å². The largest absolute Gasteiger partial charge is 0.127 e. The fourth-order valence-corrected chi connectivity index (χ4v) is 0.747. The first-order valence-corrected chi connectivity index (χ1v) is 3.27. The average molecular weight is 140 g/mol. The molecule has 0 aromatic heterocycles. The van der Waals surface area contributed by atoms with Gasteiger partial charge in [-0.15, -0.1) is 23.2 Å². The third-order valence-corrected chi connectivity index (χ3v) is 1.39. The smallest absolute Gasteiger partial charge is 0.0347 e. The Kier molecular flexibility index (Phi) is 5.12. The van der Waals surface area contributed by atoms with Gasteiger partial charge in [0.2, 0.25) is 0 Å². The van der Waals surface area contributed by atoms with Crippen LogP contribution in [-0.4, -0.2) is 11.3 Å². The van der Waals surface area contributed by atoms with Crippen LogP contribution in [0.25, 0.3) is 0 Å². The van der Waals surface area contributed by atoms with Crippen molar-refractivity contribution < 1.29 is 0 Å². The first-order chi connectivity index (χ1) is 3.31. The molecule has 0 heterocycles. The van der Waals surface area contributed by atoms with Crippen molar-refractivity contribution in [1.82, 2.24) is 0 Å². The Morgan fingerprint density at radius 2 is 2.14 bits per heavy atom. The van der Waals surface area contributed by atoms with Gasteiger partial charge in [-0.3, -0.25) is 0 Å².